The van der Waals surface area contributed by atoms with Crippen LogP contribution in [0, 0.1) is 0 Å². The summed E-state index contributed by atoms with van der Waals surface area (Å²) in [6, 6.07) is 35.5. The van der Waals surface area contributed by atoms with Crippen LogP contribution in [0.2, 0.25) is 0 Å². The highest BCUT2D eigenvalue weighted by molar-refractivity contribution is 6.98. The predicted molar refractivity (Wildman–Crippen MR) is 186 cm³/mol. The monoisotopic (exact) mass is 587 g/mol. The summed E-state index contributed by atoms with van der Waals surface area (Å²) in [6.45, 7) is 14.3. The summed E-state index contributed by atoms with van der Waals surface area (Å²) in [5.74, 6) is 3.67. The Hall–Kier alpha value is -4.44. The van der Waals surface area contributed by atoms with E-state index in [4.69, 9.17) is 9.47 Å². The maximum atomic E-state index is 6.77. The maximum absolute atomic E-state index is 6.77. The van der Waals surface area contributed by atoms with Gasteiger partial charge in [-0.1, -0.05) is 96.1 Å². The number of benzene rings is 5. The summed E-state index contributed by atoms with van der Waals surface area (Å²) in [6.07, 6.45) is 2.35. The number of anilines is 3. The minimum Gasteiger partial charge on any atom is -0.458 e. The molecule has 0 aromatic heterocycles. The van der Waals surface area contributed by atoms with E-state index >= 15 is 0 Å². The van der Waals surface area contributed by atoms with Gasteiger partial charge >= 0.3 is 0 Å². The Bertz CT molecular complexity index is 2020. The highest BCUT2D eigenvalue weighted by Gasteiger charge is 2.44. The number of rotatable bonds is 1. The third-order valence-corrected chi connectivity index (χ3v) is 11.3. The van der Waals surface area contributed by atoms with Crippen LogP contribution in [0.1, 0.15) is 76.6 Å². The Kier molecular flexibility index (Phi) is 5.29. The van der Waals surface area contributed by atoms with Crippen molar-refractivity contribution in [3.63, 3.8) is 0 Å². The van der Waals surface area contributed by atoms with E-state index in [0.717, 1.165) is 34.1 Å². The first-order valence-corrected chi connectivity index (χ1v) is 16.4. The van der Waals surface area contributed by atoms with Gasteiger partial charge in [-0.05, 0) is 93.2 Å². The molecular weight excluding hydrogens is 549 g/mol. The average Bonchev–Trinajstić information content (AvgIpc) is 3.03. The van der Waals surface area contributed by atoms with Crippen molar-refractivity contribution in [2.75, 3.05) is 4.90 Å². The fourth-order valence-corrected chi connectivity index (χ4v) is 8.56. The summed E-state index contributed by atoms with van der Waals surface area (Å²) in [7, 11) is 0. The number of fused-ring (bicyclic) bond motifs is 7. The highest BCUT2D eigenvalue weighted by atomic mass is 16.5. The van der Waals surface area contributed by atoms with Gasteiger partial charge in [0.25, 0.3) is 6.71 Å². The molecule has 45 heavy (non-hydrogen) atoms. The molecule has 0 fully saturated rings. The quantitative estimate of drug-likeness (QED) is 0.179. The molecule has 0 amide bonds. The second-order valence-corrected chi connectivity index (χ2v) is 15.2. The molecule has 0 saturated heterocycles. The predicted octanol–water partition coefficient (Wildman–Crippen LogP) is 8.87. The van der Waals surface area contributed by atoms with Gasteiger partial charge < -0.3 is 14.4 Å². The second-order valence-electron chi connectivity index (χ2n) is 15.2. The number of nitrogens with zero attached hydrogens (tertiary/aromatic N) is 1. The first-order chi connectivity index (χ1) is 21.5. The Morgan fingerprint density at radius 1 is 0.533 bits per heavy atom. The molecule has 0 atom stereocenters. The van der Waals surface area contributed by atoms with Gasteiger partial charge in [0, 0.05) is 22.6 Å². The number of para-hydroxylation sites is 2. The van der Waals surface area contributed by atoms with Gasteiger partial charge in [-0.25, -0.2) is 0 Å². The standard InChI is InChI=1S/C41H38BNO2/c1-39(2)20-21-40(3,4)29-24-37-31(23-28(29)39)42-30-19-18-25(22-36(30)44-34-16-11-17-35(45-37)38(34)42)43-32-14-9-7-12-26(32)41(5,6)27-13-8-10-15-33(27)43/h7-19,22-24H,20-21H2,1-6H3. The Morgan fingerprint density at radius 2 is 1.09 bits per heavy atom. The Morgan fingerprint density at radius 3 is 1.71 bits per heavy atom. The Balaban J connectivity index is 1.24. The topological polar surface area (TPSA) is 21.7 Å². The van der Waals surface area contributed by atoms with Crippen molar-refractivity contribution in [3.05, 3.63) is 119 Å². The van der Waals surface area contributed by atoms with Crippen molar-refractivity contribution in [3.8, 4) is 23.0 Å². The van der Waals surface area contributed by atoms with Crippen LogP contribution in [-0.4, -0.2) is 6.71 Å². The van der Waals surface area contributed by atoms with E-state index in [1.165, 1.54) is 57.4 Å². The molecule has 4 aliphatic rings. The lowest BCUT2D eigenvalue weighted by Gasteiger charge is -2.43. The Labute approximate surface area is 266 Å². The molecule has 3 nitrogen and oxygen atoms in total. The van der Waals surface area contributed by atoms with E-state index < -0.39 is 0 Å². The number of hydrogen-bond acceptors (Lipinski definition) is 3. The zero-order valence-electron chi connectivity index (χ0n) is 27.0. The average molecular weight is 588 g/mol. The molecule has 3 aliphatic heterocycles. The lowest BCUT2D eigenvalue weighted by Crippen LogP contribution is -2.58. The van der Waals surface area contributed by atoms with Gasteiger partial charge in [-0.3, -0.25) is 0 Å². The molecule has 9 rings (SSSR count). The van der Waals surface area contributed by atoms with Crippen LogP contribution < -0.4 is 30.8 Å². The number of hydrogen-bond donors (Lipinski definition) is 0. The zero-order valence-corrected chi connectivity index (χ0v) is 27.0. The normalized spacial score (nSPS) is 18.6. The van der Waals surface area contributed by atoms with Crippen molar-refractivity contribution < 1.29 is 9.47 Å². The van der Waals surface area contributed by atoms with E-state index in [0.29, 0.717) is 0 Å². The van der Waals surface area contributed by atoms with Gasteiger partial charge in [-0.2, -0.15) is 0 Å². The van der Waals surface area contributed by atoms with Gasteiger partial charge in [0.2, 0.25) is 0 Å². The van der Waals surface area contributed by atoms with Crippen LogP contribution in [0.4, 0.5) is 17.1 Å². The third kappa shape index (κ3) is 3.66. The van der Waals surface area contributed by atoms with Crippen LogP contribution in [-0.2, 0) is 16.2 Å². The molecule has 3 heterocycles. The van der Waals surface area contributed by atoms with Crippen LogP contribution in [0.15, 0.2) is 97.1 Å². The summed E-state index contributed by atoms with van der Waals surface area (Å²) in [5, 5.41) is 0. The van der Waals surface area contributed by atoms with Crippen molar-refractivity contribution in [1.29, 1.82) is 0 Å². The molecule has 0 radical (unpaired) electrons. The van der Waals surface area contributed by atoms with Crippen molar-refractivity contribution in [2.45, 2.75) is 70.6 Å². The van der Waals surface area contributed by atoms with Gasteiger partial charge in [0.05, 0.1) is 11.4 Å². The summed E-state index contributed by atoms with van der Waals surface area (Å²) in [4.78, 5) is 2.41. The molecule has 0 spiro atoms. The van der Waals surface area contributed by atoms with Crippen LogP contribution in [0.25, 0.3) is 0 Å². The third-order valence-electron chi connectivity index (χ3n) is 11.3. The van der Waals surface area contributed by atoms with E-state index in [1.54, 1.807) is 0 Å². The molecule has 4 heteroatoms. The second kappa shape index (κ2) is 8.84. The van der Waals surface area contributed by atoms with Gasteiger partial charge in [0.15, 0.2) is 0 Å². The fraction of sp³-hybridized carbons (Fsp3) is 0.268. The van der Waals surface area contributed by atoms with Gasteiger partial charge in [0.1, 0.15) is 23.0 Å². The number of ether oxygens (including phenoxy) is 2. The van der Waals surface area contributed by atoms with Gasteiger partial charge in [-0.15, -0.1) is 0 Å². The van der Waals surface area contributed by atoms with Crippen molar-refractivity contribution in [2.24, 2.45) is 0 Å². The smallest absolute Gasteiger partial charge is 0.260 e. The minimum atomic E-state index is -0.100. The van der Waals surface area contributed by atoms with Crippen molar-refractivity contribution in [1.82, 2.24) is 0 Å². The lowest BCUT2D eigenvalue weighted by molar-refractivity contribution is 0.330. The summed E-state index contributed by atoms with van der Waals surface area (Å²) >= 11 is 0. The first kappa shape index (κ1) is 26.9. The van der Waals surface area contributed by atoms with Crippen LogP contribution in [0.5, 0.6) is 23.0 Å². The SMILES string of the molecule is CC1(C)CCC(C)(C)c2cc3c(cc21)Oc1cccc2c1B3c1ccc(N3c4ccccc4C(C)(C)c4ccccc43)cc1O2. The van der Waals surface area contributed by atoms with Crippen LogP contribution >= 0.6 is 0 Å². The molecule has 0 saturated carbocycles. The minimum absolute atomic E-state index is 0.0451. The molecule has 0 unspecified atom stereocenters. The molecule has 0 bridgehead atoms. The largest absolute Gasteiger partial charge is 0.458 e. The fourth-order valence-electron chi connectivity index (χ4n) is 8.56. The maximum Gasteiger partial charge on any atom is 0.260 e. The van der Waals surface area contributed by atoms with Crippen molar-refractivity contribution >= 4 is 40.2 Å². The molecule has 0 N–H and O–H groups in total. The van der Waals surface area contributed by atoms with E-state index in [2.05, 4.69) is 144 Å². The molecule has 222 valence electrons. The van der Waals surface area contributed by atoms with E-state index in [-0.39, 0.29) is 23.0 Å². The summed E-state index contributed by atoms with van der Waals surface area (Å²) in [5.41, 5.74) is 12.7. The zero-order chi connectivity index (χ0) is 30.9. The molecular formula is C41H38BNO2. The molecule has 1 aliphatic carbocycles. The van der Waals surface area contributed by atoms with Crippen LogP contribution in [0.3, 0.4) is 0 Å². The molecule has 5 aromatic carbocycles. The van der Waals surface area contributed by atoms with E-state index in [1.807, 2.05) is 0 Å². The summed E-state index contributed by atoms with van der Waals surface area (Å²) < 4.78 is 13.5. The lowest BCUT2D eigenvalue weighted by atomic mass is 9.34. The highest BCUT2D eigenvalue weighted by Crippen LogP contribution is 2.52. The first-order valence-electron chi connectivity index (χ1n) is 16.4. The van der Waals surface area contributed by atoms with E-state index in [9.17, 15) is 0 Å². The molecule has 5 aromatic rings.